The highest BCUT2D eigenvalue weighted by atomic mass is 79.9. The summed E-state index contributed by atoms with van der Waals surface area (Å²) in [6.07, 6.45) is 0. The standard InChI is InChI=1S/C14H11Br3O2/c15-7-12(10-3-1-8(18)5-13(10)16)11-4-2-9(19)6-14(11)17/h1-6,12,18-19H,7H2. The summed E-state index contributed by atoms with van der Waals surface area (Å²) in [5.74, 6) is 0.576. The van der Waals surface area contributed by atoms with Crippen LogP contribution in [0.3, 0.4) is 0 Å². The van der Waals surface area contributed by atoms with E-state index >= 15 is 0 Å². The zero-order valence-electron chi connectivity index (χ0n) is 9.78. The third kappa shape index (κ3) is 3.33. The monoisotopic (exact) mass is 448 g/mol. The van der Waals surface area contributed by atoms with Crippen molar-refractivity contribution in [2.75, 3.05) is 5.33 Å². The summed E-state index contributed by atoms with van der Waals surface area (Å²) in [4.78, 5) is 0. The molecule has 5 heteroatoms. The lowest BCUT2D eigenvalue weighted by Gasteiger charge is -2.18. The fraction of sp³-hybridized carbons (Fsp3) is 0.143. The Morgan fingerprint density at radius 2 is 1.26 bits per heavy atom. The normalized spacial score (nSPS) is 10.9. The summed E-state index contributed by atoms with van der Waals surface area (Å²) in [5, 5.41) is 19.7. The van der Waals surface area contributed by atoms with Gasteiger partial charge in [-0.15, -0.1) is 0 Å². The van der Waals surface area contributed by atoms with Gasteiger partial charge in [-0.2, -0.15) is 0 Å². The average Bonchev–Trinajstić information content (AvgIpc) is 2.34. The van der Waals surface area contributed by atoms with Crippen molar-refractivity contribution in [3.63, 3.8) is 0 Å². The molecule has 0 bridgehead atoms. The number of hydrogen-bond donors (Lipinski definition) is 2. The Morgan fingerprint density at radius 3 is 1.58 bits per heavy atom. The minimum absolute atomic E-state index is 0.116. The SMILES string of the molecule is Oc1ccc(C(CBr)c2ccc(O)cc2Br)c(Br)c1. The van der Waals surface area contributed by atoms with E-state index in [1.54, 1.807) is 24.3 Å². The number of hydrogen-bond acceptors (Lipinski definition) is 2. The highest BCUT2D eigenvalue weighted by molar-refractivity contribution is 9.11. The van der Waals surface area contributed by atoms with Gasteiger partial charge < -0.3 is 10.2 Å². The van der Waals surface area contributed by atoms with Crippen molar-refractivity contribution in [3.8, 4) is 11.5 Å². The highest BCUT2D eigenvalue weighted by Gasteiger charge is 2.18. The van der Waals surface area contributed by atoms with E-state index in [-0.39, 0.29) is 17.4 Å². The van der Waals surface area contributed by atoms with Crippen molar-refractivity contribution in [2.24, 2.45) is 0 Å². The molecule has 2 aromatic carbocycles. The highest BCUT2D eigenvalue weighted by Crippen LogP contribution is 2.37. The lowest BCUT2D eigenvalue weighted by Crippen LogP contribution is -2.04. The second-order valence-electron chi connectivity index (χ2n) is 4.12. The molecule has 0 saturated carbocycles. The Morgan fingerprint density at radius 1 is 0.842 bits per heavy atom. The van der Waals surface area contributed by atoms with Crippen LogP contribution in [-0.2, 0) is 0 Å². The maximum absolute atomic E-state index is 9.47. The summed E-state index contributed by atoms with van der Waals surface area (Å²) < 4.78 is 1.72. The summed E-state index contributed by atoms with van der Waals surface area (Å²) >= 11 is 10.5. The van der Waals surface area contributed by atoms with E-state index in [0.29, 0.717) is 0 Å². The third-order valence-electron chi connectivity index (χ3n) is 2.87. The Hall–Kier alpha value is -0.520. The fourth-order valence-electron chi connectivity index (χ4n) is 1.93. The van der Waals surface area contributed by atoms with E-state index in [0.717, 1.165) is 25.4 Å². The second-order valence-corrected chi connectivity index (χ2v) is 6.47. The zero-order valence-corrected chi connectivity index (χ0v) is 14.5. The van der Waals surface area contributed by atoms with Crippen LogP contribution in [0.1, 0.15) is 17.0 Å². The van der Waals surface area contributed by atoms with Gasteiger partial charge in [0.05, 0.1) is 0 Å². The predicted molar refractivity (Wildman–Crippen MR) is 87.3 cm³/mol. The molecule has 2 N–H and O–H groups in total. The summed E-state index contributed by atoms with van der Waals surface area (Å²) in [6.45, 7) is 0. The molecule has 0 radical (unpaired) electrons. The van der Waals surface area contributed by atoms with Crippen molar-refractivity contribution in [1.82, 2.24) is 0 Å². The molecule has 0 aliphatic rings. The van der Waals surface area contributed by atoms with Gasteiger partial charge in [0.25, 0.3) is 0 Å². The summed E-state index contributed by atoms with van der Waals surface area (Å²) in [5.41, 5.74) is 2.14. The molecule has 0 unspecified atom stereocenters. The third-order valence-corrected chi connectivity index (χ3v) is 4.89. The van der Waals surface area contributed by atoms with Crippen molar-refractivity contribution in [3.05, 3.63) is 56.5 Å². The van der Waals surface area contributed by atoms with Gasteiger partial charge in [0.1, 0.15) is 11.5 Å². The number of benzene rings is 2. The van der Waals surface area contributed by atoms with E-state index in [1.165, 1.54) is 0 Å². The molecule has 2 nitrogen and oxygen atoms in total. The first-order valence-electron chi connectivity index (χ1n) is 5.55. The smallest absolute Gasteiger partial charge is 0.116 e. The van der Waals surface area contributed by atoms with Gasteiger partial charge in [0.2, 0.25) is 0 Å². The van der Waals surface area contributed by atoms with E-state index in [9.17, 15) is 10.2 Å². The van der Waals surface area contributed by atoms with Crippen molar-refractivity contribution < 1.29 is 10.2 Å². The maximum Gasteiger partial charge on any atom is 0.116 e. The Labute approximate surface area is 136 Å². The van der Waals surface area contributed by atoms with Gasteiger partial charge in [-0.3, -0.25) is 0 Å². The molecular weight excluding hydrogens is 440 g/mol. The minimum atomic E-state index is 0.116. The number of phenolic OH excluding ortho intramolecular Hbond substituents is 2. The molecule has 0 amide bonds. The van der Waals surface area contributed by atoms with E-state index < -0.39 is 0 Å². The Bertz CT molecular complexity index is 548. The van der Waals surface area contributed by atoms with E-state index in [4.69, 9.17) is 0 Å². The minimum Gasteiger partial charge on any atom is -0.508 e. The van der Waals surface area contributed by atoms with Gasteiger partial charge >= 0.3 is 0 Å². The fourth-order valence-corrected chi connectivity index (χ4v) is 3.91. The quantitative estimate of drug-likeness (QED) is 0.635. The Kier molecular flexibility index (Phi) is 4.92. The number of phenols is 2. The largest absolute Gasteiger partial charge is 0.508 e. The van der Waals surface area contributed by atoms with Gasteiger partial charge in [0.15, 0.2) is 0 Å². The van der Waals surface area contributed by atoms with Crippen LogP contribution in [-0.4, -0.2) is 15.5 Å². The van der Waals surface area contributed by atoms with Gasteiger partial charge in [-0.05, 0) is 35.4 Å². The van der Waals surface area contributed by atoms with Gasteiger partial charge in [-0.25, -0.2) is 0 Å². The van der Waals surface area contributed by atoms with Gasteiger partial charge in [-0.1, -0.05) is 59.9 Å². The topological polar surface area (TPSA) is 40.5 Å². The zero-order chi connectivity index (χ0) is 14.0. The van der Waals surface area contributed by atoms with Crippen LogP contribution in [0.2, 0.25) is 0 Å². The molecule has 19 heavy (non-hydrogen) atoms. The maximum atomic E-state index is 9.47. The van der Waals surface area contributed by atoms with E-state index in [1.807, 2.05) is 12.1 Å². The summed E-state index contributed by atoms with van der Waals surface area (Å²) in [7, 11) is 0. The van der Waals surface area contributed by atoms with Crippen LogP contribution in [0.4, 0.5) is 0 Å². The molecule has 0 atom stereocenters. The van der Waals surface area contributed by atoms with E-state index in [2.05, 4.69) is 47.8 Å². The summed E-state index contributed by atoms with van der Waals surface area (Å²) in [6, 6.07) is 10.5. The lowest BCUT2D eigenvalue weighted by atomic mass is 9.93. The molecule has 2 rings (SSSR count). The van der Waals surface area contributed by atoms with Crippen molar-refractivity contribution in [2.45, 2.75) is 5.92 Å². The second kappa shape index (κ2) is 6.29. The van der Waals surface area contributed by atoms with Crippen LogP contribution in [0.15, 0.2) is 45.3 Å². The molecular formula is C14H11Br3O2. The van der Waals surface area contributed by atoms with Crippen molar-refractivity contribution >= 4 is 47.8 Å². The van der Waals surface area contributed by atoms with Gasteiger partial charge in [0, 0.05) is 20.2 Å². The van der Waals surface area contributed by atoms with Crippen LogP contribution in [0, 0.1) is 0 Å². The molecule has 0 aliphatic heterocycles. The molecule has 2 aromatic rings. The number of rotatable bonds is 3. The van der Waals surface area contributed by atoms with Crippen LogP contribution < -0.4 is 0 Å². The molecule has 0 spiro atoms. The van der Waals surface area contributed by atoms with Crippen LogP contribution >= 0.6 is 47.8 Å². The number of alkyl halides is 1. The Balaban J connectivity index is 2.50. The molecule has 0 saturated heterocycles. The first kappa shape index (κ1) is 14.9. The number of aromatic hydroxyl groups is 2. The molecule has 0 aromatic heterocycles. The predicted octanol–water partition coefficient (Wildman–Crippen LogP) is 5.15. The van der Waals surface area contributed by atoms with Crippen molar-refractivity contribution in [1.29, 1.82) is 0 Å². The molecule has 0 aliphatic carbocycles. The lowest BCUT2D eigenvalue weighted by molar-refractivity contribution is 0.474. The number of halogens is 3. The average molecular weight is 451 g/mol. The molecule has 100 valence electrons. The van der Waals surface area contributed by atoms with Crippen LogP contribution in [0.5, 0.6) is 11.5 Å². The first-order valence-corrected chi connectivity index (χ1v) is 8.26. The van der Waals surface area contributed by atoms with Crippen LogP contribution in [0.25, 0.3) is 0 Å². The first-order chi connectivity index (χ1) is 9.02. The molecule has 0 fully saturated rings. The molecule has 0 heterocycles.